The first-order chi connectivity index (χ1) is 13.8. The van der Waals surface area contributed by atoms with Gasteiger partial charge in [0.2, 0.25) is 10.0 Å². The molecule has 9 heteroatoms. The summed E-state index contributed by atoms with van der Waals surface area (Å²) >= 11 is 0. The van der Waals surface area contributed by atoms with Crippen LogP contribution in [0.15, 0.2) is 59.5 Å². The Labute approximate surface area is 183 Å². The minimum absolute atomic E-state index is 0. The van der Waals surface area contributed by atoms with Crippen LogP contribution in [0, 0.1) is 5.82 Å². The Morgan fingerprint density at radius 3 is 2.43 bits per heavy atom. The van der Waals surface area contributed by atoms with Crippen molar-refractivity contribution in [2.75, 3.05) is 13.6 Å². The summed E-state index contributed by atoms with van der Waals surface area (Å²) < 4.78 is 39.4. The summed E-state index contributed by atoms with van der Waals surface area (Å²) in [4.78, 5) is 1.89. The number of rotatable bonds is 8. The minimum atomic E-state index is -3.98. The zero-order valence-corrected chi connectivity index (χ0v) is 18.6. The highest BCUT2D eigenvalue weighted by Gasteiger charge is 2.17. The molecule has 162 valence electrons. The smallest absolute Gasteiger partial charge is 0.238 e. The van der Waals surface area contributed by atoms with Gasteiger partial charge in [0.15, 0.2) is 0 Å². The molecule has 0 aliphatic carbocycles. The van der Waals surface area contributed by atoms with E-state index in [9.17, 15) is 12.8 Å². The molecule has 0 aliphatic heterocycles. The van der Waals surface area contributed by atoms with Crippen molar-refractivity contribution < 1.29 is 12.8 Å². The number of nitrogens with zero attached hydrogens (tertiary/aromatic N) is 3. The van der Waals surface area contributed by atoms with Crippen LogP contribution in [-0.2, 0) is 23.0 Å². The monoisotopic (exact) mass is 452 g/mol. The number of hydrogen-bond donors (Lipinski definition) is 1. The Balaban J connectivity index is 0.00000320. The van der Waals surface area contributed by atoms with E-state index in [1.54, 1.807) is 4.68 Å². The maximum atomic E-state index is 14.8. The van der Waals surface area contributed by atoms with Crippen molar-refractivity contribution in [1.29, 1.82) is 0 Å². The number of hydrogen-bond acceptors (Lipinski definition) is 4. The van der Waals surface area contributed by atoms with Gasteiger partial charge in [-0.05, 0) is 49.8 Å². The molecule has 0 saturated heterocycles. The third kappa shape index (κ3) is 5.89. The minimum Gasteiger partial charge on any atom is -0.300 e. The quantitative estimate of drug-likeness (QED) is 0.567. The zero-order chi connectivity index (χ0) is 21.0. The van der Waals surface area contributed by atoms with Crippen LogP contribution in [0.25, 0.3) is 5.69 Å². The lowest BCUT2D eigenvalue weighted by Crippen LogP contribution is -2.18. The second-order valence-corrected chi connectivity index (χ2v) is 8.66. The van der Waals surface area contributed by atoms with Crippen molar-refractivity contribution in [3.8, 4) is 5.69 Å². The van der Waals surface area contributed by atoms with Gasteiger partial charge in [0, 0.05) is 18.7 Å². The first-order valence-electron chi connectivity index (χ1n) is 9.41. The summed E-state index contributed by atoms with van der Waals surface area (Å²) in [5.74, 6) is -0.692. The van der Waals surface area contributed by atoms with Gasteiger partial charge in [0.1, 0.15) is 11.5 Å². The molecule has 6 nitrogen and oxygen atoms in total. The van der Waals surface area contributed by atoms with Crippen LogP contribution in [0.2, 0.25) is 0 Å². The fourth-order valence-corrected chi connectivity index (χ4v) is 3.79. The predicted octanol–water partition coefficient (Wildman–Crippen LogP) is 3.51. The van der Waals surface area contributed by atoms with Gasteiger partial charge in [-0.1, -0.05) is 37.3 Å². The molecular formula is C21H26ClFN4O2S. The van der Waals surface area contributed by atoms with E-state index in [0.29, 0.717) is 13.0 Å². The van der Waals surface area contributed by atoms with Gasteiger partial charge in [-0.25, -0.2) is 22.6 Å². The fraction of sp³-hybridized carbons (Fsp3) is 0.286. The molecule has 0 unspecified atom stereocenters. The molecule has 0 amide bonds. The molecule has 0 spiro atoms. The number of sulfonamides is 1. The highest BCUT2D eigenvalue weighted by Crippen LogP contribution is 2.22. The number of benzene rings is 2. The number of primary sulfonamides is 1. The number of nitrogens with two attached hydrogens (primary N) is 1. The van der Waals surface area contributed by atoms with Gasteiger partial charge < -0.3 is 4.90 Å². The Morgan fingerprint density at radius 2 is 1.83 bits per heavy atom. The Hall–Kier alpha value is -2.26. The largest absolute Gasteiger partial charge is 0.300 e. The summed E-state index contributed by atoms with van der Waals surface area (Å²) in [7, 11) is -1.96. The van der Waals surface area contributed by atoms with E-state index >= 15 is 0 Å². The summed E-state index contributed by atoms with van der Waals surface area (Å²) in [6, 6.07) is 15.4. The molecule has 2 N–H and O–H groups in total. The molecule has 0 aliphatic rings. The second-order valence-electron chi connectivity index (χ2n) is 7.10. The normalized spacial score (nSPS) is 11.5. The average Bonchev–Trinajstić information content (AvgIpc) is 3.03. The molecule has 0 fully saturated rings. The third-order valence-corrected chi connectivity index (χ3v) is 5.49. The molecule has 30 heavy (non-hydrogen) atoms. The third-order valence-electron chi connectivity index (χ3n) is 4.57. The highest BCUT2D eigenvalue weighted by atomic mass is 35.5. The Morgan fingerprint density at radius 1 is 1.13 bits per heavy atom. The maximum absolute atomic E-state index is 14.8. The standard InChI is InChI=1S/C21H25FN4O2S.ClH/c1-3-11-25(2)15-17-13-18(12-16-7-5-4-6-8-16)26(24-17)21-10-9-19(14-20(21)22)29(23,27)28;/h4-10,13-14H,3,11-12,15H2,1-2H3,(H2,23,27,28);1H. The van der Waals surface area contributed by atoms with Crippen molar-refractivity contribution in [1.82, 2.24) is 14.7 Å². The van der Waals surface area contributed by atoms with E-state index in [-0.39, 0.29) is 23.0 Å². The van der Waals surface area contributed by atoms with E-state index < -0.39 is 15.8 Å². The molecule has 1 heterocycles. The van der Waals surface area contributed by atoms with Crippen LogP contribution >= 0.6 is 12.4 Å². The van der Waals surface area contributed by atoms with Gasteiger partial charge in [0.25, 0.3) is 0 Å². The van der Waals surface area contributed by atoms with E-state index in [4.69, 9.17) is 5.14 Å². The first kappa shape index (κ1) is 24.0. The molecular weight excluding hydrogens is 427 g/mol. The number of aromatic nitrogens is 2. The second kappa shape index (κ2) is 10.2. The van der Waals surface area contributed by atoms with E-state index in [0.717, 1.165) is 36.0 Å². The average molecular weight is 453 g/mol. The lowest BCUT2D eigenvalue weighted by molar-refractivity contribution is 0.323. The van der Waals surface area contributed by atoms with Crippen LogP contribution in [0.5, 0.6) is 0 Å². The van der Waals surface area contributed by atoms with E-state index in [2.05, 4.69) is 16.9 Å². The van der Waals surface area contributed by atoms with Crippen molar-refractivity contribution >= 4 is 22.4 Å². The molecule has 3 aromatic rings. The van der Waals surface area contributed by atoms with Crippen molar-refractivity contribution in [3.63, 3.8) is 0 Å². The van der Waals surface area contributed by atoms with Crippen molar-refractivity contribution in [2.24, 2.45) is 5.14 Å². The van der Waals surface area contributed by atoms with Gasteiger partial charge >= 0.3 is 0 Å². The Bertz CT molecular complexity index is 1090. The van der Waals surface area contributed by atoms with Crippen LogP contribution in [0.1, 0.15) is 30.3 Å². The molecule has 1 aromatic heterocycles. The van der Waals surface area contributed by atoms with Crippen LogP contribution < -0.4 is 5.14 Å². The SMILES string of the molecule is CCCN(C)Cc1cc(Cc2ccccc2)n(-c2ccc(S(N)(=O)=O)cc2F)n1.Cl. The molecule has 3 rings (SSSR count). The van der Waals surface area contributed by atoms with Crippen LogP contribution in [0.4, 0.5) is 4.39 Å². The summed E-state index contributed by atoms with van der Waals surface area (Å²) in [5.41, 5.74) is 2.90. The lowest BCUT2D eigenvalue weighted by atomic mass is 10.1. The summed E-state index contributed by atoms with van der Waals surface area (Å²) in [6.07, 6.45) is 1.60. The number of halogens is 2. The van der Waals surface area contributed by atoms with E-state index in [1.807, 2.05) is 43.4 Å². The fourth-order valence-electron chi connectivity index (χ4n) is 3.27. The molecule has 0 saturated carbocycles. The van der Waals surface area contributed by atoms with E-state index in [1.165, 1.54) is 12.1 Å². The van der Waals surface area contributed by atoms with Crippen LogP contribution in [0.3, 0.4) is 0 Å². The van der Waals surface area contributed by atoms with Gasteiger partial charge in [-0.3, -0.25) is 0 Å². The van der Waals surface area contributed by atoms with Gasteiger partial charge in [0.05, 0.1) is 10.6 Å². The molecule has 2 aromatic carbocycles. The first-order valence-corrected chi connectivity index (χ1v) is 11.0. The molecule has 0 bridgehead atoms. The van der Waals surface area contributed by atoms with Gasteiger partial charge in [-0.2, -0.15) is 5.10 Å². The maximum Gasteiger partial charge on any atom is 0.238 e. The molecule has 0 radical (unpaired) electrons. The summed E-state index contributed by atoms with van der Waals surface area (Å²) in [6.45, 7) is 3.68. The molecule has 0 atom stereocenters. The van der Waals surface area contributed by atoms with Gasteiger partial charge in [-0.15, -0.1) is 12.4 Å². The topological polar surface area (TPSA) is 81.2 Å². The summed E-state index contributed by atoms with van der Waals surface area (Å²) in [5, 5.41) is 9.72. The lowest BCUT2D eigenvalue weighted by Gasteiger charge is -2.13. The highest BCUT2D eigenvalue weighted by molar-refractivity contribution is 7.89. The zero-order valence-electron chi connectivity index (χ0n) is 17.0. The van der Waals surface area contributed by atoms with Crippen LogP contribution in [-0.4, -0.2) is 36.7 Å². The van der Waals surface area contributed by atoms with Crippen molar-refractivity contribution in [3.05, 3.63) is 77.4 Å². The van der Waals surface area contributed by atoms with Crippen molar-refractivity contribution in [2.45, 2.75) is 31.2 Å². The predicted molar refractivity (Wildman–Crippen MR) is 118 cm³/mol. The Kier molecular flexibility index (Phi) is 8.14.